The molecule has 0 aliphatic rings. The average molecular weight is 549 g/mol. The summed E-state index contributed by atoms with van der Waals surface area (Å²) in [6.07, 6.45) is 3.88. The molecule has 172 valence electrons. The first-order valence-electron chi connectivity index (χ1n) is 10.6. The number of nitrogens with zero attached hydrogens (tertiary/aromatic N) is 3. The minimum atomic E-state index is 0. The minimum absolute atomic E-state index is 0. The Morgan fingerprint density at radius 1 is 1.06 bits per heavy atom. The van der Waals surface area contributed by atoms with E-state index in [-0.39, 0.29) is 24.0 Å². The van der Waals surface area contributed by atoms with Crippen LogP contribution in [0.15, 0.2) is 65.8 Å². The molecule has 0 saturated carbocycles. The van der Waals surface area contributed by atoms with Crippen molar-refractivity contribution in [2.75, 3.05) is 27.3 Å². The third kappa shape index (κ3) is 7.44. The molecule has 3 aromatic rings. The molecule has 2 N–H and O–H groups in total. The van der Waals surface area contributed by atoms with Gasteiger partial charge < -0.3 is 20.1 Å². The van der Waals surface area contributed by atoms with Crippen LogP contribution in [0, 0.1) is 0 Å². The van der Waals surface area contributed by atoms with Crippen molar-refractivity contribution in [2.24, 2.45) is 4.99 Å². The Bertz CT molecular complexity index is 976. The Morgan fingerprint density at radius 3 is 2.59 bits per heavy atom. The summed E-state index contributed by atoms with van der Waals surface area (Å²) in [6, 6.07) is 18.2. The summed E-state index contributed by atoms with van der Waals surface area (Å²) in [6.45, 7) is 4.01. The summed E-state index contributed by atoms with van der Waals surface area (Å²) < 4.78 is 12.9. The summed E-state index contributed by atoms with van der Waals surface area (Å²) in [5.74, 6) is 2.32. The second-order valence-corrected chi connectivity index (χ2v) is 6.96. The van der Waals surface area contributed by atoms with Crippen LogP contribution in [-0.4, -0.2) is 43.0 Å². The lowest BCUT2D eigenvalue weighted by Gasteiger charge is -2.12. The van der Waals surface area contributed by atoms with E-state index in [9.17, 15) is 0 Å². The molecule has 0 spiro atoms. The van der Waals surface area contributed by atoms with Gasteiger partial charge in [0.05, 0.1) is 31.6 Å². The second-order valence-electron chi connectivity index (χ2n) is 6.96. The molecule has 0 aliphatic heterocycles. The molecule has 2 aromatic carbocycles. The largest absolute Gasteiger partial charge is 0.493 e. The lowest BCUT2D eigenvalue weighted by molar-refractivity contribution is 0.310. The van der Waals surface area contributed by atoms with E-state index in [2.05, 4.69) is 32.9 Å². The van der Waals surface area contributed by atoms with Gasteiger partial charge in [0.15, 0.2) is 17.5 Å². The Labute approximate surface area is 207 Å². The molecule has 0 bridgehead atoms. The van der Waals surface area contributed by atoms with E-state index in [1.165, 1.54) is 5.56 Å². The van der Waals surface area contributed by atoms with Crippen LogP contribution in [0.4, 0.5) is 0 Å². The normalized spacial score (nSPS) is 10.9. The molecule has 1 aromatic heterocycles. The molecule has 8 heteroatoms. The van der Waals surface area contributed by atoms with Gasteiger partial charge in [-0.2, -0.15) is 5.10 Å². The predicted octanol–water partition coefficient (Wildman–Crippen LogP) is 4.20. The van der Waals surface area contributed by atoms with Crippen molar-refractivity contribution in [1.82, 2.24) is 20.4 Å². The maximum atomic E-state index is 5.66. The van der Waals surface area contributed by atoms with E-state index >= 15 is 0 Å². The number of benzene rings is 2. The van der Waals surface area contributed by atoms with Crippen LogP contribution in [0.2, 0.25) is 0 Å². The van der Waals surface area contributed by atoms with Crippen LogP contribution in [0.1, 0.15) is 24.6 Å². The number of aryl methyl sites for hydroxylation is 1. The average Bonchev–Trinajstić information content (AvgIpc) is 3.29. The van der Waals surface area contributed by atoms with Crippen LogP contribution in [0.3, 0.4) is 0 Å². The number of guanidine groups is 1. The van der Waals surface area contributed by atoms with Gasteiger partial charge in [-0.25, -0.2) is 4.68 Å². The van der Waals surface area contributed by atoms with Crippen molar-refractivity contribution in [3.05, 3.63) is 72.1 Å². The molecule has 0 atom stereocenters. The Balaban J connectivity index is 0.00000363. The second kappa shape index (κ2) is 13.6. The van der Waals surface area contributed by atoms with Crippen molar-refractivity contribution in [3.8, 4) is 17.2 Å². The molecule has 0 saturated heterocycles. The lowest BCUT2D eigenvalue weighted by atomic mass is 10.1. The molecule has 0 unspecified atom stereocenters. The number of para-hydroxylation sites is 1. The van der Waals surface area contributed by atoms with Gasteiger partial charge in [-0.15, -0.1) is 24.0 Å². The van der Waals surface area contributed by atoms with Gasteiger partial charge in [0.25, 0.3) is 0 Å². The van der Waals surface area contributed by atoms with Gasteiger partial charge in [-0.05, 0) is 55.7 Å². The highest BCUT2D eigenvalue weighted by atomic mass is 127. The monoisotopic (exact) mass is 549 g/mol. The molecule has 3 rings (SSSR count). The molecular weight excluding hydrogens is 517 g/mol. The van der Waals surface area contributed by atoms with Gasteiger partial charge in [0.2, 0.25) is 0 Å². The first-order valence-corrected chi connectivity index (χ1v) is 10.6. The summed E-state index contributed by atoms with van der Waals surface area (Å²) >= 11 is 0. The number of hydrogen-bond donors (Lipinski definition) is 2. The van der Waals surface area contributed by atoms with Gasteiger partial charge in [0, 0.05) is 19.8 Å². The molecule has 1 heterocycles. The number of aromatic nitrogens is 2. The van der Waals surface area contributed by atoms with E-state index in [4.69, 9.17) is 9.47 Å². The minimum Gasteiger partial charge on any atom is -0.493 e. The summed E-state index contributed by atoms with van der Waals surface area (Å²) in [5.41, 5.74) is 3.22. The molecule has 0 amide bonds. The zero-order chi connectivity index (χ0) is 21.9. The van der Waals surface area contributed by atoms with Gasteiger partial charge in [0.1, 0.15) is 0 Å². The van der Waals surface area contributed by atoms with E-state index in [1.54, 1.807) is 14.2 Å². The molecule has 0 radical (unpaired) electrons. The summed E-state index contributed by atoms with van der Waals surface area (Å²) in [5, 5.41) is 11.3. The number of hydrogen-bond acceptors (Lipinski definition) is 4. The highest BCUT2D eigenvalue weighted by molar-refractivity contribution is 14.0. The number of aliphatic imine (C=N–C) groups is 1. The first kappa shape index (κ1) is 25.5. The number of halogens is 1. The van der Waals surface area contributed by atoms with Crippen LogP contribution in [-0.2, 0) is 13.0 Å². The van der Waals surface area contributed by atoms with Gasteiger partial charge >= 0.3 is 0 Å². The van der Waals surface area contributed by atoms with Gasteiger partial charge in [-0.3, -0.25) is 4.99 Å². The summed E-state index contributed by atoms with van der Waals surface area (Å²) in [4.78, 5) is 4.30. The zero-order valence-corrected chi connectivity index (χ0v) is 21.2. The maximum Gasteiger partial charge on any atom is 0.191 e. The van der Waals surface area contributed by atoms with Crippen molar-refractivity contribution < 1.29 is 9.47 Å². The van der Waals surface area contributed by atoms with Crippen molar-refractivity contribution >= 4 is 29.9 Å². The lowest BCUT2D eigenvalue weighted by Crippen LogP contribution is -2.37. The molecule has 0 aliphatic carbocycles. The van der Waals surface area contributed by atoms with Crippen molar-refractivity contribution in [1.29, 1.82) is 0 Å². The molecule has 0 fully saturated rings. The maximum absolute atomic E-state index is 5.66. The third-order valence-electron chi connectivity index (χ3n) is 4.79. The smallest absolute Gasteiger partial charge is 0.191 e. The Kier molecular flexibility index (Phi) is 10.9. The predicted molar refractivity (Wildman–Crippen MR) is 140 cm³/mol. The molecular formula is C24H32IN5O2. The number of ether oxygens (including phenoxy) is 2. The van der Waals surface area contributed by atoms with E-state index in [1.807, 2.05) is 60.3 Å². The third-order valence-corrected chi connectivity index (χ3v) is 4.79. The topological polar surface area (TPSA) is 72.7 Å². The fourth-order valence-corrected chi connectivity index (χ4v) is 3.22. The molecule has 32 heavy (non-hydrogen) atoms. The standard InChI is InChI=1S/C24H31N5O2.HI/c1-4-31-23-17-19(12-13-22(23)30-3)9-8-15-26-24(25-2)27-18-20-14-16-29(28-20)21-10-6-5-7-11-21;/h5-7,10-14,16-17H,4,8-9,15,18H2,1-3H3,(H2,25,26,27);1H. The van der Waals surface area contributed by atoms with Crippen LogP contribution in [0.25, 0.3) is 5.69 Å². The van der Waals surface area contributed by atoms with Crippen LogP contribution in [0.5, 0.6) is 11.5 Å². The number of nitrogens with one attached hydrogen (secondary N) is 2. The highest BCUT2D eigenvalue weighted by Crippen LogP contribution is 2.28. The van der Waals surface area contributed by atoms with E-state index in [0.29, 0.717) is 13.2 Å². The fourth-order valence-electron chi connectivity index (χ4n) is 3.22. The van der Waals surface area contributed by atoms with Gasteiger partial charge in [-0.1, -0.05) is 24.3 Å². The van der Waals surface area contributed by atoms with Crippen LogP contribution >= 0.6 is 24.0 Å². The van der Waals surface area contributed by atoms with Crippen LogP contribution < -0.4 is 20.1 Å². The van der Waals surface area contributed by atoms with Crippen molar-refractivity contribution in [2.45, 2.75) is 26.3 Å². The Hall–Kier alpha value is -2.75. The van der Waals surface area contributed by atoms with E-state index in [0.717, 1.165) is 48.2 Å². The summed E-state index contributed by atoms with van der Waals surface area (Å²) in [7, 11) is 3.43. The van der Waals surface area contributed by atoms with Crippen molar-refractivity contribution in [3.63, 3.8) is 0 Å². The SMILES string of the molecule is CCOc1cc(CCCNC(=NC)NCc2ccn(-c3ccccc3)n2)ccc1OC.I. The first-order chi connectivity index (χ1) is 15.2. The van der Waals surface area contributed by atoms with E-state index < -0.39 is 0 Å². The quantitative estimate of drug-likeness (QED) is 0.172. The Morgan fingerprint density at radius 2 is 1.88 bits per heavy atom. The zero-order valence-electron chi connectivity index (χ0n) is 18.9. The fraction of sp³-hybridized carbons (Fsp3) is 0.333. The number of rotatable bonds is 10. The highest BCUT2D eigenvalue weighted by Gasteiger charge is 2.06. The molecule has 7 nitrogen and oxygen atoms in total. The number of methoxy groups -OCH3 is 1.